The fourth-order valence-electron chi connectivity index (χ4n) is 3.45. The summed E-state index contributed by atoms with van der Waals surface area (Å²) >= 11 is 3.40. The number of fused-ring (bicyclic) bond motifs is 1. The fraction of sp³-hybridized carbons (Fsp3) is 0.300. The highest BCUT2D eigenvalue weighted by Crippen LogP contribution is 2.32. The Morgan fingerprint density at radius 3 is 2.81 bits per heavy atom. The Hall–Kier alpha value is -2.34. The van der Waals surface area contributed by atoms with Crippen LogP contribution in [0.3, 0.4) is 0 Å². The lowest BCUT2D eigenvalue weighted by Gasteiger charge is -2.26. The molecule has 134 valence electrons. The number of aromatic nitrogens is 2. The molecule has 6 heteroatoms. The lowest BCUT2D eigenvalue weighted by Crippen LogP contribution is -2.40. The molecule has 2 aromatic carbocycles. The number of carbonyl (C=O) groups is 1. The third-order valence-corrected chi connectivity index (χ3v) is 5.26. The van der Waals surface area contributed by atoms with Crippen LogP contribution in [-0.2, 0) is 4.79 Å². The number of rotatable bonds is 4. The quantitative estimate of drug-likeness (QED) is 0.686. The van der Waals surface area contributed by atoms with E-state index in [2.05, 4.69) is 25.9 Å². The Labute approximate surface area is 160 Å². The van der Waals surface area contributed by atoms with E-state index in [1.165, 1.54) is 0 Å². The van der Waals surface area contributed by atoms with E-state index in [4.69, 9.17) is 4.74 Å². The highest BCUT2D eigenvalue weighted by molar-refractivity contribution is 9.10. The van der Waals surface area contributed by atoms with E-state index in [1.807, 2.05) is 53.4 Å². The Morgan fingerprint density at radius 2 is 2.04 bits per heavy atom. The molecule has 1 aliphatic rings. The first-order valence-electron chi connectivity index (χ1n) is 8.79. The van der Waals surface area contributed by atoms with E-state index in [0.717, 1.165) is 40.7 Å². The number of carbonyl (C=O) groups excluding carboxylic acids is 1. The summed E-state index contributed by atoms with van der Waals surface area (Å²) in [5.41, 5.74) is 1.93. The van der Waals surface area contributed by atoms with Crippen molar-refractivity contribution in [2.75, 3.05) is 6.54 Å². The number of aromatic amines is 1. The Kier molecular flexibility index (Phi) is 4.68. The molecule has 0 aliphatic carbocycles. The molecule has 0 spiro atoms. The van der Waals surface area contributed by atoms with Gasteiger partial charge in [0.25, 0.3) is 5.91 Å². The molecule has 5 nitrogen and oxygen atoms in total. The van der Waals surface area contributed by atoms with Gasteiger partial charge in [-0.3, -0.25) is 4.79 Å². The minimum Gasteiger partial charge on any atom is -0.481 e. The van der Waals surface area contributed by atoms with E-state index >= 15 is 0 Å². The number of imidazole rings is 1. The topological polar surface area (TPSA) is 58.2 Å². The molecule has 1 amide bonds. The molecular formula is C20H20BrN3O2. The van der Waals surface area contributed by atoms with E-state index < -0.39 is 6.10 Å². The number of nitrogens with one attached hydrogen (secondary N) is 1. The van der Waals surface area contributed by atoms with Crippen molar-refractivity contribution in [3.63, 3.8) is 0 Å². The maximum atomic E-state index is 13.0. The van der Waals surface area contributed by atoms with Crippen LogP contribution in [0, 0.1) is 0 Å². The first-order chi connectivity index (χ1) is 12.6. The molecule has 0 saturated carbocycles. The van der Waals surface area contributed by atoms with Gasteiger partial charge in [-0.05, 0) is 56.2 Å². The van der Waals surface area contributed by atoms with Gasteiger partial charge in [-0.25, -0.2) is 4.98 Å². The zero-order chi connectivity index (χ0) is 18.1. The summed E-state index contributed by atoms with van der Waals surface area (Å²) in [6, 6.07) is 15.4. The number of nitrogens with zero attached hydrogens (tertiary/aromatic N) is 2. The molecule has 1 aliphatic heterocycles. The zero-order valence-electron chi connectivity index (χ0n) is 14.5. The molecule has 2 heterocycles. The molecule has 3 aromatic rings. The molecular weight excluding hydrogens is 394 g/mol. The molecule has 0 bridgehead atoms. The SMILES string of the molecule is CC(Oc1ccc(Br)cc1)C(=O)N1CCCC1c1nc2ccccc2[nH]1. The first kappa shape index (κ1) is 17.1. The molecule has 4 rings (SSSR count). The van der Waals surface area contributed by atoms with Crippen LogP contribution in [-0.4, -0.2) is 33.4 Å². The van der Waals surface area contributed by atoms with Gasteiger partial charge in [0.2, 0.25) is 0 Å². The minimum absolute atomic E-state index is 0.00382. The molecule has 26 heavy (non-hydrogen) atoms. The summed E-state index contributed by atoms with van der Waals surface area (Å²) < 4.78 is 6.82. The Morgan fingerprint density at radius 1 is 1.27 bits per heavy atom. The molecule has 1 aromatic heterocycles. The Balaban J connectivity index is 1.51. The maximum Gasteiger partial charge on any atom is 0.263 e. The van der Waals surface area contributed by atoms with Crippen LogP contribution in [0.25, 0.3) is 11.0 Å². The van der Waals surface area contributed by atoms with E-state index in [1.54, 1.807) is 6.92 Å². The van der Waals surface area contributed by atoms with Crippen molar-refractivity contribution in [2.24, 2.45) is 0 Å². The van der Waals surface area contributed by atoms with Gasteiger partial charge in [-0.2, -0.15) is 0 Å². The van der Waals surface area contributed by atoms with Gasteiger partial charge >= 0.3 is 0 Å². The lowest BCUT2D eigenvalue weighted by molar-refractivity contribution is -0.139. The monoisotopic (exact) mass is 413 g/mol. The molecule has 1 fully saturated rings. The van der Waals surface area contributed by atoms with Crippen molar-refractivity contribution in [3.8, 4) is 5.75 Å². The fourth-order valence-corrected chi connectivity index (χ4v) is 3.71. The zero-order valence-corrected chi connectivity index (χ0v) is 16.1. The molecule has 1 saturated heterocycles. The van der Waals surface area contributed by atoms with Gasteiger partial charge in [0.1, 0.15) is 11.6 Å². The average molecular weight is 414 g/mol. The van der Waals surface area contributed by atoms with Crippen LogP contribution >= 0.6 is 15.9 Å². The lowest BCUT2D eigenvalue weighted by atomic mass is 10.2. The summed E-state index contributed by atoms with van der Waals surface area (Å²) in [6.45, 7) is 2.53. The van der Waals surface area contributed by atoms with Crippen molar-refractivity contribution in [2.45, 2.75) is 31.9 Å². The summed E-state index contributed by atoms with van der Waals surface area (Å²) in [5, 5.41) is 0. The second-order valence-electron chi connectivity index (χ2n) is 6.54. The minimum atomic E-state index is -0.541. The van der Waals surface area contributed by atoms with Crippen LogP contribution in [0.5, 0.6) is 5.75 Å². The standard InChI is InChI=1S/C20H20BrN3O2/c1-13(26-15-10-8-14(21)9-11-15)20(25)24-12-4-7-18(24)19-22-16-5-2-3-6-17(16)23-19/h2-3,5-6,8-11,13,18H,4,7,12H2,1H3,(H,22,23). The third kappa shape index (κ3) is 3.33. The molecule has 2 unspecified atom stereocenters. The highest BCUT2D eigenvalue weighted by Gasteiger charge is 2.35. The van der Waals surface area contributed by atoms with Crippen molar-refractivity contribution in [3.05, 3.63) is 58.8 Å². The van der Waals surface area contributed by atoms with Crippen molar-refractivity contribution in [1.82, 2.24) is 14.9 Å². The van der Waals surface area contributed by atoms with Gasteiger partial charge in [-0.15, -0.1) is 0 Å². The third-order valence-electron chi connectivity index (χ3n) is 4.73. The van der Waals surface area contributed by atoms with E-state index in [-0.39, 0.29) is 11.9 Å². The van der Waals surface area contributed by atoms with Gasteiger partial charge in [0.05, 0.1) is 17.1 Å². The molecule has 1 N–H and O–H groups in total. The number of hydrogen-bond donors (Lipinski definition) is 1. The van der Waals surface area contributed by atoms with E-state index in [0.29, 0.717) is 5.75 Å². The highest BCUT2D eigenvalue weighted by atomic mass is 79.9. The summed E-state index contributed by atoms with van der Waals surface area (Å²) in [6.07, 6.45) is 1.34. The number of H-pyrrole nitrogens is 1. The summed E-state index contributed by atoms with van der Waals surface area (Å²) in [7, 11) is 0. The van der Waals surface area contributed by atoms with Crippen molar-refractivity contribution < 1.29 is 9.53 Å². The van der Waals surface area contributed by atoms with Gasteiger partial charge in [0.15, 0.2) is 6.10 Å². The molecule has 2 atom stereocenters. The van der Waals surface area contributed by atoms with Crippen molar-refractivity contribution in [1.29, 1.82) is 0 Å². The van der Waals surface area contributed by atoms with Crippen LogP contribution in [0.15, 0.2) is 53.0 Å². The second kappa shape index (κ2) is 7.11. The second-order valence-corrected chi connectivity index (χ2v) is 7.46. The number of hydrogen-bond acceptors (Lipinski definition) is 3. The normalized spacial score (nSPS) is 18.2. The van der Waals surface area contributed by atoms with E-state index in [9.17, 15) is 4.79 Å². The summed E-state index contributed by atoms with van der Waals surface area (Å²) in [5.74, 6) is 1.54. The average Bonchev–Trinajstić information content (AvgIpc) is 3.29. The van der Waals surface area contributed by atoms with Crippen LogP contribution in [0.4, 0.5) is 0 Å². The smallest absolute Gasteiger partial charge is 0.263 e. The van der Waals surface area contributed by atoms with Crippen molar-refractivity contribution >= 4 is 32.9 Å². The predicted molar refractivity (Wildman–Crippen MR) is 104 cm³/mol. The summed E-state index contributed by atoms with van der Waals surface area (Å²) in [4.78, 5) is 22.9. The first-order valence-corrected chi connectivity index (χ1v) is 9.58. The number of likely N-dealkylation sites (tertiary alicyclic amines) is 1. The largest absolute Gasteiger partial charge is 0.481 e. The number of halogens is 1. The number of benzene rings is 2. The van der Waals surface area contributed by atoms with Crippen LogP contribution in [0.2, 0.25) is 0 Å². The number of amides is 1. The van der Waals surface area contributed by atoms with Crippen LogP contribution in [0.1, 0.15) is 31.6 Å². The van der Waals surface area contributed by atoms with Gasteiger partial charge in [-0.1, -0.05) is 28.1 Å². The number of ether oxygens (including phenoxy) is 1. The van der Waals surface area contributed by atoms with Gasteiger partial charge < -0.3 is 14.6 Å². The maximum absolute atomic E-state index is 13.0. The number of para-hydroxylation sites is 2. The Bertz CT molecular complexity index is 889. The van der Waals surface area contributed by atoms with Crippen LogP contribution < -0.4 is 4.74 Å². The molecule has 0 radical (unpaired) electrons. The van der Waals surface area contributed by atoms with Gasteiger partial charge in [0, 0.05) is 11.0 Å². The predicted octanol–water partition coefficient (Wildman–Crippen LogP) is 4.46.